The van der Waals surface area contributed by atoms with Crippen molar-refractivity contribution in [3.63, 3.8) is 0 Å². The zero-order chi connectivity index (χ0) is 21.6. The molecule has 0 saturated carbocycles. The van der Waals surface area contributed by atoms with Crippen molar-refractivity contribution < 1.29 is 9.53 Å². The van der Waals surface area contributed by atoms with Crippen molar-refractivity contribution in [1.29, 1.82) is 0 Å². The highest BCUT2D eigenvalue weighted by Gasteiger charge is 2.19. The molecule has 4 rings (SSSR count). The smallest absolute Gasteiger partial charge is 0.323 e. The fourth-order valence-corrected chi connectivity index (χ4v) is 4.34. The number of fused-ring (bicyclic) bond motifs is 1. The molecular weight excluding hydrogens is 414 g/mol. The lowest BCUT2D eigenvalue weighted by Gasteiger charge is -2.26. The summed E-state index contributed by atoms with van der Waals surface area (Å²) in [7, 11) is 1.69. The van der Waals surface area contributed by atoms with E-state index >= 15 is 0 Å². The molecule has 1 aliphatic heterocycles. The van der Waals surface area contributed by atoms with E-state index in [4.69, 9.17) is 4.74 Å². The second-order valence-electron chi connectivity index (χ2n) is 7.51. The van der Waals surface area contributed by atoms with Crippen LogP contribution in [0.2, 0.25) is 0 Å². The predicted octanol–water partition coefficient (Wildman–Crippen LogP) is 3.92. The molecule has 1 aliphatic rings. The Morgan fingerprint density at radius 3 is 2.77 bits per heavy atom. The summed E-state index contributed by atoms with van der Waals surface area (Å²) in [5, 5.41) is 17.5. The van der Waals surface area contributed by atoms with Crippen LogP contribution < -0.4 is 10.6 Å². The minimum atomic E-state index is -0.106. The number of rotatable bonds is 7. The minimum Gasteiger partial charge on any atom is -0.385 e. The molecule has 0 spiro atoms. The van der Waals surface area contributed by atoms with Crippen LogP contribution in [-0.2, 0) is 4.74 Å². The largest absolute Gasteiger partial charge is 0.385 e. The van der Waals surface area contributed by atoms with E-state index in [1.807, 2.05) is 17.9 Å². The molecule has 2 N–H and O–H groups in total. The summed E-state index contributed by atoms with van der Waals surface area (Å²) in [5.41, 5.74) is 2.54. The number of piperidine rings is 1. The van der Waals surface area contributed by atoms with Gasteiger partial charge in [0.15, 0.2) is 5.01 Å². The number of ether oxygens (including phenoxy) is 1. The molecule has 9 nitrogen and oxygen atoms in total. The molecule has 0 aliphatic carbocycles. The van der Waals surface area contributed by atoms with E-state index in [-0.39, 0.29) is 6.03 Å². The minimum absolute atomic E-state index is 0.106. The van der Waals surface area contributed by atoms with Gasteiger partial charge in [-0.05, 0) is 38.7 Å². The molecule has 1 fully saturated rings. The van der Waals surface area contributed by atoms with Gasteiger partial charge in [0.2, 0.25) is 0 Å². The number of amides is 2. The number of hydrogen-bond donors (Lipinski definition) is 2. The number of likely N-dealkylation sites (tertiary alicyclic amines) is 1. The van der Waals surface area contributed by atoms with E-state index in [0.717, 1.165) is 71.1 Å². The molecule has 0 unspecified atom stereocenters. The van der Waals surface area contributed by atoms with Crippen molar-refractivity contribution in [3.8, 4) is 10.6 Å². The van der Waals surface area contributed by atoms with Crippen molar-refractivity contribution >= 4 is 39.8 Å². The Morgan fingerprint density at radius 1 is 1.19 bits per heavy atom. The summed E-state index contributed by atoms with van der Waals surface area (Å²) in [6.45, 7) is 4.90. The number of nitrogens with one attached hydrogen (secondary N) is 2. The average Bonchev–Trinajstić information content (AvgIpc) is 3.23. The number of anilines is 2. The standard InChI is InChI=1S/C21H27N7O2S/c1-14-26-27-20(31-14)16-12-23-17-13-24-18(25-21(29)28-8-4-3-5-9-28)11-15(17)19(16)22-7-6-10-30-2/h11-13H,3-10H2,1-2H3,(H,22,23)(H,24,25,29). The molecule has 31 heavy (non-hydrogen) atoms. The Bertz CT molecular complexity index is 1050. The van der Waals surface area contributed by atoms with E-state index in [1.54, 1.807) is 19.5 Å². The van der Waals surface area contributed by atoms with Crippen LogP contribution in [0.15, 0.2) is 18.5 Å². The zero-order valence-electron chi connectivity index (χ0n) is 17.8. The lowest BCUT2D eigenvalue weighted by molar-refractivity contribution is 0.198. The van der Waals surface area contributed by atoms with Crippen LogP contribution in [0.1, 0.15) is 30.7 Å². The molecule has 4 heterocycles. The van der Waals surface area contributed by atoms with Gasteiger partial charge in [0, 0.05) is 44.9 Å². The highest BCUT2D eigenvalue weighted by atomic mass is 32.1. The van der Waals surface area contributed by atoms with Crippen molar-refractivity contribution in [3.05, 3.63) is 23.5 Å². The van der Waals surface area contributed by atoms with Crippen LogP contribution in [-0.4, -0.2) is 64.4 Å². The summed E-state index contributed by atoms with van der Waals surface area (Å²) in [4.78, 5) is 23.5. The van der Waals surface area contributed by atoms with Gasteiger partial charge in [0.1, 0.15) is 10.8 Å². The molecule has 10 heteroatoms. The summed E-state index contributed by atoms with van der Waals surface area (Å²) < 4.78 is 5.17. The van der Waals surface area contributed by atoms with E-state index in [0.29, 0.717) is 12.4 Å². The Hall–Kier alpha value is -2.85. The first-order valence-corrected chi connectivity index (χ1v) is 11.4. The third-order valence-corrected chi connectivity index (χ3v) is 6.09. The molecule has 164 valence electrons. The van der Waals surface area contributed by atoms with Gasteiger partial charge < -0.3 is 15.0 Å². The van der Waals surface area contributed by atoms with Crippen molar-refractivity contribution in [2.24, 2.45) is 0 Å². The van der Waals surface area contributed by atoms with Crippen LogP contribution in [0.4, 0.5) is 16.3 Å². The number of aryl methyl sites for hydroxylation is 1. The first kappa shape index (κ1) is 21.4. The summed E-state index contributed by atoms with van der Waals surface area (Å²) in [5.74, 6) is 0.510. The fourth-order valence-electron chi connectivity index (χ4n) is 3.64. The number of pyridine rings is 2. The molecule has 0 atom stereocenters. The van der Waals surface area contributed by atoms with Crippen LogP contribution in [0, 0.1) is 6.92 Å². The van der Waals surface area contributed by atoms with Gasteiger partial charge in [-0.1, -0.05) is 11.3 Å². The summed E-state index contributed by atoms with van der Waals surface area (Å²) >= 11 is 1.52. The van der Waals surface area contributed by atoms with Crippen molar-refractivity contribution in [1.82, 2.24) is 25.1 Å². The van der Waals surface area contributed by atoms with E-state index < -0.39 is 0 Å². The van der Waals surface area contributed by atoms with E-state index in [2.05, 4.69) is 30.8 Å². The molecule has 0 radical (unpaired) electrons. The number of aromatic nitrogens is 4. The van der Waals surface area contributed by atoms with Gasteiger partial charge in [-0.3, -0.25) is 10.3 Å². The van der Waals surface area contributed by atoms with Gasteiger partial charge in [-0.2, -0.15) is 0 Å². The molecule has 0 aromatic carbocycles. The van der Waals surface area contributed by atoms with Gasteiger partial charge in [-0.25, -0.2) is 9.78 Å². The van der Waals surface area contributed by atoms with Crippen LogP contribution in [0.5, 0.6) is 0 Å². The third kappa shape index (κ3) is 5.08. The first-order valence-electron chi connectivity index (χ1n) is 10.5. The second-order valence-corrected chi connectivity index (χ2v) is 8.69. The third-order valence-electron chi connectivity index (χ3n) is 5.22. The maximum Gasteiger partial charge on any atom is 0.323 e. The zero-order valence-corrected chi connectivity index (χ0v) is 18.7. The lowest BCUT2D eigenvalue weighted by Crippen LogP contribution is -2.38. The van der Waals surface area contributed by atoms with Crippen molar-refractivity contribution in [2.75, 3.05) is 44.0 Å². The molecule has 3 aromatic rings. The lowest BCUT2D eigenvalue weighted by atomic mass is 10.1. The highest BCUT2D eigenvalue weighted by Crippen LogP contribution is 2.35. The topological polar surface area (TPSA) is 105 Å². The fraction of sp³-hybridized carbons (Fsp3) is 0.476. The van der Waals surface area contributed by atoms with Crippen molar-refractivity contribution in [2.45, 2.75) is 32.6 Å². The van der Waals surface area contributed by atoms with E-state index in [9.17, 15) is 4.79 Å². The monoisotopic (exact) mass is 441 g/mol. The number of nitrogens with zero attached hydrogens (tertiary/aromatic N) is 5. The molecular formula is C21H27N7O2S. The molecule has 2 amide bonds. The highest BCUT2D eigenvalue weighted by molar-refractivity contribution is 7.14. The van der Waals surface area contributed by atoms with Gasteiger partial charge >= 0.3 is 6.03 Å². The Kier molecular flexibility index (Phi) is 6.88. The van der Waals surface area contributed by atoms with Crippen LogP contribution in [0.3, 0.4) is 0 Å². The SMILES string of the molecule is COCCCNc1c(-c2nnc(C)s2)cnc2cnc(NC(=O)N3CCCCC3)cc12. The first-order chi connectivity index (χ1) is 15.2. The summed E-state index contributed by atoms with van der Waals surface area (Å²) in [6, 6.07) is 1.77. The van der Waals surface area contributed by atoms with Gasteiger partial charge in [-0.15, -0.1) is 10.2 Å². The number of carbonyl (C=O) groups is 1. The maximum atomic E-state index is 12.6. The van der Waals surface area contributed by atoms with E-state index in [1.165, 1.54) is 17.8 Å². The Morgan fingerprint density at radius 2 is 2.03 bits per heavy atom. The number of methoxy groups -OCH3 is 1. The van der Waals surface area contributed by atoms with Crippen LogP contribution in [0.25, 0.3) is 21.5 Å². The molecule has 3 aromatic heterocycles. The normalized spacial score (nSPS) is 14.1. The number of carbonyl (C=O) groups excluding carboxylic acids is 1. The van der Waals surface area contributed by atoms with Gasteiger partial charge in [0.25, 0.3) is 0 Å². The molecule has 0 bridgehead atoms. The number of urea groups is 1. The van der Waals surface area contributed by atoms with Gasteiger partial charge in [0.05, 0.1) is 23.0 Å². The predicted molar refractivity (Wildman–Crippen MR) is 123 cm³/mol. The molecule has 1 saturated heterocycles. The average molecular weight is 442 g/mol. The van der Waals surface area contributed by atoms with Crippen LogP contribution >= 0.6 is 11.3 Å². The maximum absolute atomic E-state index is 12.6. The summed E-state index contributed by atoms with van der Waals surface area (Å²) in [6.07, 6.45) is 7.62. The quantitative estimate of drug-likeness (QED) is 0.535. The Balaban J connectivity index is 1.66. The number of hydrogen-bond acceptors (Lipinski definition) is 8. The second kappa shape index (κ2) is 9.97. The Labute approximate surface area is 185 Å².